The zero-order chi connectivity index (χ0) is 20.0. The Morgan fingerprint density at radius 2 is 1.70 bits per heavy atom. The zero-order valence-corrected chi connectivity index (χ0v) is 15.2. The minimum Gasteiger partial charge on any atom is -0.481 e. The van der Waals surface area contributed by atoms with E-state index in [0.717, 1.165) is 16.7 Å². The highest BCUT2D eigenvalue weighted by Gasteiger charge is 2.10. The first-order valence-electron chi connectivity index (χ1n) is 8.09. The molecule has 0 saturated carbocycles. The molecule has 0 aliphatic carbocycles. The maximum atomic E-state index is 12.2. The molecule has 7 heteroatoms. The number of carbonyl (C=O) groups is 2. The molecule has 2 rings (SSSR count). The quantitative estimate of drug-likeness (QED) is 0.243. The number of hydrogen-bond acceptors (Lipinski definition) is 6. The lowest BCUT2D eigenvalue weighted by atomic mass is 10.0. The van der Waals surface area contributed by atoms with Crippen LogP contribution in [0.2, 0.25) is 0 Å². The number of methoxy groups -OCH3 is 1. The lowest BCUT2D eigenvalue weighted by Crippen LogP contribution is -2.13. The van der Waals surface area contributed by atoms with Crippen LogP contribution in [0.4, 0.5) is 5.69 Å². The minimum absolute atomic E-state index is 0.0654. The van der Waals surface area contributed by atoms with Crippen LogP contribution >= 0.6 is 0 Å². The first-order chi connectivity index (χ1) is 12.8. The molecule has 7 nitrogen and oxygen atoms in total. The summed E-state index contributed by atoms with van der Waals surface area (Å²) < 4.78 is 10.0. The molecular weight excluding hydrogens is 350 g/mol. The molecule has 0 aliphatic rings. The van der Waals surface area contributed by atoms with Gasteiger partial charge in [-0.05, 0) is 60.9 Å². The van der Waals surface area contributed by atoms with Crippen LogP contribution in [0.5, 0.6) is 5.75 Å². The van der Waals surface area contributed by atoms with Crippen molar-refractivity contribution in [3.63, 3.8) is 0 Å². The molecule has 0 atom stereocenters. The Balaban J connectivity index is 2.13. The summed E-state index contributed by atoms with van der Waals surface area (Å²) >= 11 is 0. The van der Waals surface area contributed by atoms with Crippen LogP contribution in [0.3, 0.4) is 0 Å². The fraction of sp³-hybridized carbons (Fsp3) is 0.200. The molecule has 0 radical (unpaired) electrons. The molecule has 0 bridgehead atoms. The van der Waals surface area contributed by atoms with Crippen molar-refractivity contribution >= 4 is 23.5 Å². The van der Waals surface area contributed by atoms with Crippen LogP contribution in [0, 0.1) is 24.0 Å². The van der Waals surface area contributed by atoms with Crippen LogP contribution in [0.25, 0.3) is 6.08 Å². The van der Waals surface area contributed by atoms with Crippen LogP contribution in [0.1, 0.15) is 27.0 Å². The molecule has 27 heavy (non-hydrogen) atoms. The van der Waals surface area contributed by atoms with E-state index in [1.165, 1.54) is 37.5 Å². The molecule has 0 spiro atoms. The molecular formula is C20H19NO6. The smallest absolute Gasteiger partial charge is 0.343 e. The van der Waals surface area contributed by atoms with Gasteiger partial charge in [-0.2, -0.15) is 0 Å². The maximum Gasteiger partial charge on any atom is 0.343 e. The molecule has 0 aromatic heterocycles. The molecule has 2 aromatic rings. The third-order valence-corrected chi connectivity index (χ3v) is 3.83. The number of non-ortho nitro benzene ring substituents is 1. The first kappa shape index (κ1) is 19.8. The number of nitro benzene ring substituents is 1. The van der Waals surface area contributed by atoms with E-state index in [9.17, 15) is 19.7 Å². The van der Waals surface area contributed by atoms with Crippen LogP contribution in [-0.2, 0) is 9.53 Å². The van der Waals surface area contributed by atoms with Gasteiger partial charge < -0.3 is 9.47 Å². The number of allylic oxidation sites excluding steroid dienone is 1. The predicted octanol–water partition coefficient (Wildman–Crippen LogP) is 3.66. The highest BCUT2D eigenvalue weighted by Crippen LogP contribution is 2.25. The Morgan fingerprint density at radius 3 is 2.22 bits per heavy atom. The van der Waals surface area contributed by atoms with Gasteiger partial charge in [-0.1, -0.05) is 6.08 Å². The largest absolute Gasteiger partial charge is 0.481 e. The van der Waals surface area contributed by atoms with E-state index in [1.807, 2.05) is 26.0 Å². The molecule has 0 amide bonds. The molecule has 2 aromatic carbocycles. The Bertz CT molecular complexity index is 876. The first-order valence-corrected chi connectivity index (χ1v) is 8.09. The summed E-state index contributed by atoms with van der Waals surface area (Å²) in [6.45, 7) is 3.51. The second-order valence-electron chi connectivity index (χ2n) is 5.85. The monoisotopic (exact) mass is 369 g/mol. The van der Waals surface area contributed by atoms with Gasteiger partial charge in [0.1, 0.15) is 5.75 Å². The van der Waals surface area contributed by atoms with Crippen molar-refractivity contribution in [2.75, 3.05) is 13.7 Å². The lowest BCUT2D eigenvalue weighted by Gasteiger charge is -2.12. The van der Waals surface area contributed by atoms with E-state index in [-0.39, 0.29) is 18.1 Å². The number of ether oxygens (including phenoxy) is 2. The number of hydrogen-bond donors (Lipinski definition) is 0. The van der Waals surface area contributed by atoms with Crippen molar-refractivity contribution in [1.82, 2.24) is 0 Å². The summed E-state index contributed by atoms with van der Waals surface area (Å²) in [5, 5.41) is 10.7. The summed E-state index contributed by atoms with van der Waals surface area (Å²) in [4.78, 5) is 33.6. The van der Waals surface area contributed by atoms with E-state index < -0.39 is 10.9 Å². The van der Waals surface area contributed by atoms with Crippen molar-refractivity contribution < 1.29 is 24.0 Å². The summed E-state index contributed by atoms with van der Waals surface area (Å²) in [5.41, 5.74) is 2.74. The summed E-state index contributed by atoms with van der Waals surface area (Å²) in [6, 6.07) is 9.10. The standard InChI is InChI=1S/C20H19NO6/c1-13-10-15(11-14(2)20(13)27-12-19(23)26-3)4-9-18(22)16-5-7-17(8-6-16)21(24)25/h4-11H,12H2,1-3H3. The van der Waals surface area contributed by atoms with E-state index in [2.05, 4.69) is 4.74 Å². The van der Waals surface area contributed by atoms with Gasteiger partial charge in [-0.3, -0.25) is 14.9 Å². The molecule has 0 saturated heterocycles. The highest BCUT2D eigenvalue weighted by atomic mass is 16.6. The number of aryl methyl sites for hydroxylation is 2. The van der Waals surface area contributed by atoms with Gasteiger partial charge in [-0.25, -0.2) is 4.79 Å². The fourth-order valence-electron chi connectivity index (χ4n) is 2.51. The number of nitrogens with zero attached hydrogens (tertiary/aromatic N) is 1. The van der Waals surface area contributed by atoms with Gasteiger partial charge >= 0.3 is 5.97 Å². The topological polar surface area (TPSA) is 95.7 Å². The van der Waals surface area contributed by atoms with Crippen LogP contribution in [-0.4, -0.2) is 30.4 Å². The number of nitro groups is 1. The average Bonchev–Trinajstić information content (AvgIpc) is 2.65. The molecule has 0 N–H and O–H groups in total. The van der Waals surface area contributed by atoms with Gasteiger partial charge in [-0.15, -0.1) is 0 Å². The SMILES string of the molecule is COC(=O)COc1c(C)cc(C=CC(=O)c2ccc([N+](=O)[O-])cc2)cc1C. The van der Waals surface area contributed by atoms with E-state index in [1.54, 1.807) is 6.08 Å². The second-order valence-corrected chi connectivity index (χ2v) is 5.85. The van der Waals surface area contributed by atoms with Gasteiger partial charge in [0, 0.05) is 17.7 Å². The van der Waals surface area contributed by atoms with Crippen molar-refractivity contribution in [3.8, 4) is 5.75 Å². The van der Waals surface area contributed by atoms with Crippen molar-refractivity contribution in [2.24, 2.45) is 0 Å². The molecule has 0 aliphatic heterocycles. The van der Waals surface area contributed by atoms with Crippen molar-refractivity contribution in [3.05, 3.63) is 74.8 Å². The second kappa shape index (κ2) is 8.75. The van der Waals surface area contributed by atoms with Crippen LogP contribution in [0.15, 0.2) is 42.5 Å². The Hall–Kier alpha value is -3.48. The summed E-state index contributed by atoms with van der Waals surface area (Å²) in [5.74, 6) is -0.128. The van der Waals surface area contributed by atoms with Crippen molar-refractivity contribution in [1.29, 1.82) is 0 Å². The number of ketones is 1. The lowest BCUT2D eigenvalue weighted by molar-refractivity contribution is -0.384. The number of rotatable bonds is 7. The molecule has 0 fully saturated rings. The minimum atomic E-state index is -0.514. The number of esters is 1. The fourth-order valence-corrected chi connectivity index (χ4v) is 2.51. The van der Waals surface area contributed by atoms with Crippen LogP contribution < -0.4 is 4.74 Å². The predicted molar refractivity (Wildman–Crippen MR) is 99.9 cm³/mol. The zero-order valence-electron chi connectivity index (χ0n) is 15.2. The van der Waals surface area contributed by atoms with Gasteiger partial charge in [0.2, 0.25) is 0 Å². The van der Waals surface area contributed by atoms with Crippen molar-refractivity contribution in [2.45, 2.75) is 13.8 Å². The Morgan fingerprint density at radius 1 is 1.11 bits per heavy atom. The summed E-state index contributed by atoms with van der Waals surface area (Å²) in [6.07, 6.45) is 3.07. The maximum absolute atomic E-state index is 12.2. The average molecular weight is 369 g/mol. The van der Waals surface area contributed by atoms with E-state index in [0.29, 0.717) is 11.3 Å². The Labute approximate surface area is 156 Å². The van der Waals surface area contributed by atoms with Gasteiger partial charge in [0.05, 0.1) is 12.0 Å². The highest BCUT2D eigenvalue weighted by molar-refractivity contribution is 6.06. The number of carbonyl (C=O) groups excluding carboxylic acids is 2. The third-order valence-electron chi connectivity index (χ3n) is 3.83. The molecule has 140 valence electrons. The van der Waals surface area contributed by atoms with Gasteiger partial charge in [0.15, 0.2) is 12.4 Å². The third kappa shape index (κ3) is 5.24. The van der Waals surface area contributed by atoms with E-state index >= 15 is 0 Å². The van der Waals surface area contributed by atoms with E-state index in [4.69, 9.17) is 4.74 Å². The Kier molecular flexibility index (Phi) is 6.43. The molecule has 0 heterocycles. The normalized spacial score (nSPS) is 10.6. The number of benzene rings is 2. The molecule has 0 unspecified atom stereocenters. The van der Waals surface area contributed by atoms with Gasteiger partial charge in [0.25, 0.3) is 5.69 Å². The summed E-state index contributed by atoms with van der Waals surface area (Å²) in [7, 11) is 1.29.